The van der Waals surface area contributed by atoms with Gasteiger partial charge in [-0.25, -0.2) is 0 Å². The smallest absolute Gasteiger partial charge is 0.262 e. The molecule has 0 saturated carbocycles. The lowest BCUT2D eigenvalue weighted by Crippen LogP contribution is -2.22. The lowest BCUT2D eigenvalue weighted by atomic mass is 9.86. The van der Waals surface area contributed by atoms with E-state index in [0.29, 0.717) is 0 Å². The molecule has 1 rings (SSSR count). The molecule has 0 saturated heterocycles. The van der Waals surface area contributed by atoms with Gasteiger partial charge in [-0.3, -0.25) is 4.79 Å². The van der Waals surface area contributed by atoms with Crippen LogP contribution in [0.15, 0.2) is 18.2 Å². The zero-order valence-electron chi connectivity index (χ0n) is 11.0. The third-order valence-electron chi connectivity index (χ3n) is 2.57. The average Bonchev–Trinajstić information content (AvgIpc) is 2.15. The SMILES string of the molecule is Cc1ccc(C(C)(C)C)c(OC(C)C(=O)Cl)c1. The van der Waals surface area contributed by atoms with Gasteiger partial charge in [0.2, 0.25) is 0 Å². The summed E-state index contributed by atoms with van der Waals surface area (Å²) in [4.78, 5) is 11.0. The van der Waals surface area contributed by atoms with Crippen LogP contribution in [0.4, 0.5) is 0 Å². The maximum absolute atomic E-state index is 11.0. The summed E-state index contributed by atoms with van der Waals surface area (Å²) in [7, 11) is 0. The van der Waals surface area contributed by atoms with E-state index in [1.54, 1.807) is 6.92 Å². The summed E-state index contributed by atoms with van der Waals surface area (Å²) in [6, 6.07) is 6.02. The molecular formula is C14H19ClO2. The van der Waals surface area contributed by atoms with E-state index in [2.05, 4.69) is 20.8 Å². The van der Waals surface area contributed by atoms with E-state index >= 15 is 0 Å². The van der Waals surface area contributed by atoms with Crippen LogP contribution in [0.5, 0.6) is 5.75 Å². The van der Waals surface area contributed by atoms with Gasteiger partial charge in [0, 0.05) is 0 Å². The van der Waals surface area contributed by atoms with Crippen LogP contribution in [0, 0.1) is 6.92 Å². The lowest BCUT2D eigenvalue weighted by Gasteiger charge is -2.24. The number of aryl methyl sites for hydroxylation is 1. The standard InChI is InChI=1S/C14H19ClO2/c1-9-6-7-11(14(3,4)5)12(8-9)17-10(2)13(15)16/h6-8,10H,1-5H3. The summed E-state index contributed by atoms with van der Waals surface area (Å²) >= 11 is 5.42. The van der Waals surface area contributed by atoms with Crippen molar-refractivity contribution in [3.63, 3.8) is 0 Å². The molecule has 0 radical (unpaired) electrons. The van der Waals surface area contributed by atoms with Crippen molar-refractivity contribution in [1.82, 2.24) is 0 Å². The van der Waals surface area contributed by atoms with Crippen molar-refractivity contribution in [3.05, 3.63) is 29.3 Å². The molecule has 2 nitrogen and oxygen atoms in total. The Morgan fingerprint density at radius 2 is 1.94 bits per heavy atom. The van der Waals surface area contributed by atoms with Crippen molar-refractivity contribution in [1.29, 1.82) is 0 Å². The van der Waals surface area contributed by atoms with E-state index < -0.39 is 11.3 Å². The maximum Gasteiger partial charge on any atom is 0.262 e. The molecular weight excluding hydrogens is 236 g/mol. The van der Waals surface area contributed by atoms with E-state index in [9.17, 15) is 4.79 Å². The third kappa shape index (κ3) is 3.74. The molecule has 3 heteroatoms. The van der Waals surface area contributed by atoms with Crippen LogP contribution in [0.3, 0.4) is 0 Å². The van der Waals surface area contributed by atoms with Crippen LogP contribution in [0.1, 0.15) is 38.8 Å². The lowest BCUT2D eigenvalue weighted by molar-refractivity contribution is -0.117. The zero-order chi connectivity index (χ0) is 13.2. The predicted octanol–water partition coefficient (Wildman–Crippen LogP) is 3.83. The highest BCUT2D eigenvalue weighted by Gasteiger charge is 2.21. The molecule has 17 heavy (non-hydrogen) atoms. The van der Waals surface area contributed by atoms with E-state index in [1.807, 2.05) is 25.1 Å². The van der Waals surface area contributed by atoms with Gasteiger partial charge in [0.25, 0.3) is 5.24 Å². The van der Waals surface area contributed by atoms with E-state index in [1.165, 1.54) is 0 Å². The molecule has 0 N–H and O–H groups in total. The van der Waals surface area contributed by atoms with Crippen molar-refractivity contribution in [2.75, 3.05) is 0 Å². The second-order valence-electron chi connectivity index (χ2n) is 5.31. The first kappa shape index (κ1) is 14.0. The van der Waals surface area contributed by atoms with Crippen molar-refractivity contribution >= 4 is 16.8 Å². The highest BCUT2D eigenvalue weighted by Crippen LogP contribution is 2.32. The van der Waals surface area contributed by atoms with Crippen LogP contribution in [-0.4, -0.2) is 11.3 Å². The Morgan fingerprint density at radius 3 is 2.41 bits per heavy atom. The summed E-state index contributed by atoms with van der Waals surface area (Å²) in [6.45, 7) is 9.98. The fourth-order valence-corrected chi connectivity index (χ4v) is 1.63. The van der Waals surface area contributed by atoms with Gasteiger partial charge in [-0.2, -0.15) is 0 Å². The molecule has 0 aliphatic carbocycles. The molecule has 1 aromatic carbocycles. The molecule has 0 fully saturated rings. The molecule has 1 atom stereocenters. The summed E-state index contributed by atoms with van der Waals surface area (Å²) < 4.78 is 5.63. The molecule has 0 aliphatic heterocycles. The minimum atomic E-state index is -0.625. The van der Waals surface area contributed by atoms with E-state index in [0.717, 1.165) is 16.9 Å². The number of benzene rings is 1. The summed E-state index contributed by atoms with van der Waals surface area (Å²) in [5, 5.41) is -0.480. The molecule has 0 aliphatic rings. The van der Waals surface area contributed by atoms with Gasteiger partial charge in [0.1, 0.15) is 5.75 Å². The number of rotatable bonds is 3. The van der Waals surface area contributed by atoms with Crippen molar-refractivity contribution in [2.45, 2.75) is 46.1 Å². The minimum absolute atomic E-state index is 0.0296. The molecule has 0 heterocycles. The van der Waals surface area contributed by atoms with Crippen molar-refractivity contribution in [2.24, 2.45) is 0 Å². The van der Waals surface area contributed by atoms with Crippen LogP contribution < -0.4 is 4.74 Å². The Labute approximate surface area is 108 Å². The van der Waals surface area contributed by atoms with Crippen molar-refractivity contribution < 1.29 is 9.53 Å². The summed E-state index contributed by atoms with van der Waals surface area (Å²) in [5.41, 5.74) is 2.15. The van der Waals surface area contributed by atoms with Crippen LogP contribution in [0.2, 0.25) is 0 Å². The number of hydrogen-bond acceptors (Lipinski definition) is 2. The normalized spacial score (nSPS) is 13.3. The molecule has 0 bridgehead atoms. The van der Waals surface area contributed by atoms with Gasteiger partial charge in [-0.15, -0.1) is 0 Å². The average molecular weight is 255 g/mol. The second kappa shape index (κ2) is 5.09. The Kier molecular flexibility index (Phi) is 4.21. The van der Waals surface area contributed by atoms with Gasteiger partial charge >= 0.3 is 0 Å². The summed E-state index contributed by atoms with van der Waals surface area (Å²) in [6.07, 6.45) is -0.625. The molecule has 0 amide bonds. The first-order valence-electron chi connectivity index (χ1n) is 5.69. The Bertz CT molecular complexity index is 419. The fourth-order valence-electron chi connectivity index (χ4n) is 1.58. The van der Waals surface area contributed by atoms with Gasteiger partial charge in [0.05, 0.1) is 0 Å². The van der Waals surface area contributed by atoms with Gasteiger partial charge in [-0.05, 0) is 48.1 Å². The highest BCUT2D eigenvalue weighted by atomic mass is 35.5. The minimum Gasteiger partial charge on any atom is -0.481 e. The van der Waals surface area contributed by atoms with Crippen LogP contribution in [0.25, 0.3) is 0 Å². The molecule has 0 aromatic heterocycles. The predicted molar refractivity (Wildman–Crippen MR) is 70.8 cm³/mol. The fraction of sp³-hybridized carbons (Fsp3) is 0.500. The van der Waals surface area contributed by atoms with Gasteiger partial charge in [0.15, 0.2) is 6.10 Å². The summed E-state index contributed by atoms with van der Waals surface area (Å²) in [5.74, 6) is 0.735. The molecule has 1 unspecified atom stereocenters. The second-order valence-corrected chi connectivity index (χ2v) is 5.69. The number of carbonyl (C=O) groups is 1. The van der Waals surface area contributed by atoms with Gasteiger partial charge < -0.3 is 4.74 Å². The van der Waals surface area contributed by atoms with Crippen LogP contribution >= 0.6 is 11.6 Å². The zero-order valence-corrected chi connectivity index (χ0v) is 11.8. The quantitative estimate of drug-likeness (QED) is 0.767. The number of hydrogen-bond donors (Lipinski definition) is 0. The highest BCUT2D eigenvalue weighted by molar-refractivity contribution is 6.64. The number of ether oxygens (including phenoxy) is 1. The molecule has 0 spiro atoms. The van der Waals surface area contributed by atoms with Gasteiger partial charge in [-0.1, -0.05) is 32.9 Å². The first-order valence-corrected chi connectivity index (χ1v) is 6.06. The Morgan fingerprint density at radius 1 is 1.35 bits per heavy atom. The Hall–Kier alpha value is -1.02. The number of carbonyl (C=O) groups excluding carboxylic acids is 1. The van der Waals surface area contributed by atoms with Crippen molar-refractivity contribution in [3.8, 4) is 5.75 Å². The maximum atomic E-state index is 11.0. The largest absolute Gasteiger partial charge is 0.481 e. The van der Waals surface area contributed by atoms with E-state index in [-0.39, 0.29) is 5.41 Å². The third-order valence-corrected chi connectivity index (χ3v) is 2.88. The first-order chi connectivity index (χ1) is 7.71. The number of halogens is 1. The monoisotopic (exact) mass is 254 g/mol. The van der Waals surface area contributed by atoms with E-state index in [4.69, 9.17) is 16.3 Å². The van der Waals surface area contributed by atoms with Crippen LogP contribution in [-0.2, 0) is 10.2 Å². The Balaban J connectivity index is 3.12. The topological polar surface area (TPSA) is 26.3 Å². The molecule has 94 valence electrons. The molecule has 1 aromatic rings.